The Hall–Kier alpha value is -0.940. The van der Waals surface area contributed by atoms with Crippen LogP contribution in [0.25, 0.3) is 0 Å². The van der Waals surface area contributed by atoms with Gasteiger partial charge in [0.05, 0.1) is 0 Å². The predicted octanol–water partition coefficient (Wildman–Crippen LogP) is 0.150. The topological polar surface area (TPSA) is 74.2 Å². The van der Waals surface area contributed by atoms with Crippen LogP contribution in [-0.2, 0) is 17.6 Å². The van der Waals surface area contributed by atoms with E-state index in [1.54, 1.807) is 0 Å². The van der Waals surface area contributed by atoms with E-state index < -0.39 is 0 Å². The first-order chi connectivity index (χ1) is 6.88. The summed E-state index contributed by atoms with van der Waals surface area (Å²) in [5.41, 5.74) is 5.39. The molecule has 1 aliphatic rings. The van der Waals surface area contributed by atoms with Crippen molar-refractivity contribution in [2.75, 3.05) is 19.8 Å². The van der Waals surface area contributed by atoms with E-state index in [1.807, 2.05) is 0 Å². The zero-order valence-electron chi connectivity index (χ0n) is 8.11. The van der Waals surface area contributed by atoms with E-state index in [4.69, 9.17) is 15.0 Å². The van der Waals surface area contributed by atoms with Crippen LogP contribution in [0.5, 0.6) is 0 Å². The molecule has 0 radical (unpaired) electrons. The van der Waals surface area contributed by atoms with Gasteiger partial charge in [0, 0.05) is 26.1 Å². The molecule has 1 aromatic heterocycles. The molecule has 0 amide bonds. The van der Waals surface area contributed by atoms with Crippen LogP contribution in [0, 0.1) is 5.92 Å². The van der Waals surface area contributed by atoms with Gasteiger partial charge in [0.2, 0.25) is 5.89 Å². The lowest BCUT2D eigenvalue weighted by Crippen LogP contribution is -2.05. The number of ether oxygens (including phenoxy) is 1. The third kappa shape index (κ3) is 2.30. The van der Waals surface area contributed by atoms with Crippen LogP contribution in [0.4, 0.5) is 0 Å². The molecule has 1 saturated heterocycles. The van der Waals surface area contributed by atoms with E-state index in [2.05, 4.69) is 10.1 Å². The number of nitrogens with zero attached hydrogens (tertiary/aromatic N) is 2. The molecule has 2 heterocycles. The third-order valence-electron chi connectivity index (χ3n) is 2.37. The van der Waals surface area contributed by atoms with Gasteiger partial charge in [0.15, 0.2) is 5.82 Å². The summed E-state index contributed by atoms with van der Waals surface area (Å²) in [6.45, 7) is 2.23. The summed E-state index contributed by atoms with van der Waals surface area (Å²) in [4.78, 5) is 4.25. The highest BCUT2D eigenvalue weighted by Gasteiger charge is 2.19. The lowest BCUT2D eigenvalue weighted by Gasteiger charge is -2.00. The van der Waals surface area contributed by atoms with Gasteiger partial charge < -0.3 is 15.0 Å². The minimum absolute atomic E-state index is 0.543. The highest BCUT2D eigenvalue weighted by atomic mass is 16.5. The van der Waals surface area contributed by atoms with Gasteiger partial charge in [-0.05, 0) is 18.9 Å². The first kappa shape index (κ1) is 9.61. The van der Waals surface area contributed by atoms with Crippen molar-refractivity contribution in [2.24, 2.45) is 11.7 Å². The van der Waals surface area contributed by atoms with Crippen LogP contribution in [0.15, 0.2) is 4.52 Å². The van der Waals surface area contributed by atoms with E-state index in [1.165, 1.54) is 0 Å². The van der Waals surface area contributed by atoms with Crippen LogP contribution in [-0.4, -0.2) is 29.9 Å². The molecule has 2 N–H and O–H groups in total. The van der Waals surface area contributed by atoms with Gasteiger partial charge in [0.1, 0.15) is 0 Å². The summed E-state index contributed by atoms with van der Waals surface area (Å²) in [6, 6.07) is 0. The summed E-state index contributed by atoms with van der Waals surface area (Å²) in [5, 5.41) is 3.84. The Balaban J connectivity index is 1.88. The van der Waals surface area contributed by atoms with Crippen LogP contribution in [0.1, 0.15) is 18.1 Å². The van der Waals surface area contributed by atoms with E-state index in [9.17, 15) is 0 Å². The molecule has 78 valence electrons. The number of rotatable bonds is 4. The van der Waals surface area contributed by atoms with Crippen molar-refractivity contribution in [1.82, 2.24) is 10.1 Å². The SMILES string of the molecule is NCCc1noc(CC2CCOC2)n1. The van der Waals surface area contributed by atoms with Gasteiger partial charge in [-0.15, -0.1) is 0 Å². The second-order valence-electron chi connectivity index (χ2n) is 3.58. The van der Waals surface area contributed by atoms with Gasteiger partial charge >= 0.3 is 0 Å². The normalized spacial score (nSPS) is 21.6. The molecule has 1 fully saturated rings. The maximum absolute atomic E-state index is 5.39. The molecule has 0 saturated carbocycles. The van der Waals surface area contributed by atoms with E-state index in [0.717, 1.165) is 26.1 Å². The molecule has 0 aromatic carbocycles. The van der Waals surface area contributed by atoms with Gasteiger partial charge in [-0.2, -0.15) is 4.98 Å². The van der Waals surface area contributed by atoms with Crippen molar-refractivity contribution in [2.45, 2.75) is 19.3 Å². The molecule has 1 aromatic rings. The second kappa shape index (κ2) is 4.52. The van der Waals surface area contributed by atoms with E-state index >= 15 is 0 Å². The summed E-state index contributed by atoms with van der Waals surface area (Å²) in [5.74, 6) is 1.96. The van der Waals surface area contributed by atoms with Crippen LogP contribution in [0.3, 0.4) is 0 Å². The van der Waals surface area contributed by atoms with Crippen molar-refractivity contribution in [1.29, 1.82) is 0 Å². The van der Waals surface area contributed by atoms with Gasteiger partial charge in [-0.1, -0.05) is 5.16 Å². The van der Waals surface area contributed by atoms with Gasteiger partial charge in [-0.3, -0.25) is 0 Å². The van der Waals surface area contributed by atoms with Crippen molar-refractivity contribution >= 4 is 0 Å². The first-order valence-corrected chi connectivity index (χ1v) is 4.97. The largest absolute Gasteiger partial charge is 0.381 e. The molecule has 0 aliphatic carbocycles. The molecule has 0 spiro atoms. The Morgan fingerprint density at radius 3 is 3.14 bits per heavy atom. The highest BCUT2D eigenvalue weighted by Crippen LogP contribution is 2.17. The quantitative estimate of drug-likeness (QED) is 0.743. The highest BCUT2D eigenvalue weighted by molar-refractivity contribution is 4.89. The molecule has 5 heteroatoms. The number of hydrogen-bond donors (Lipinski definition) is 1. The standard InChI is InChI=1S/C9H15N3O2/c10-3-1-8-11-9(14-12-8)5-7-2-4-13-6-7/h7H,1-6,10H2. The summed E-state index contributed by atoms with van der Waals surface area (Å²) in [6.07, 6.45) is 2.61. The predicted molar refractivity (Wildman–Crippen MR) is 49.7 cm³/mol. The summed E-state index contributed by atoms with van der Waals surface area (Å²) >= 11 is 0. The fourth-order valence-electron chi connectivity index (χ4n) is 1.59. The first-order valence-electron chi connectivity index (χ1n) is 4.97. The fourth-order valence-corrected chi connectivity index (χ4v) is 1.59. The molecule has 1 atom stereocenters. The number of hydrogen-bond acceptors (Lipinski definition) is 5. The third-order valence-corrected chi connectivity index (χ3v) is 2.37. The van der Waals surface area contributed by atoms with E-state index in [-0.39, 0.29) is 0 Å². The van der Waals surface area contributed by atoms with Gasteiger partial charge in [0.25, 0.3) is 0 Å². The van der Waals surface area contributed by atoms with Crippen LogP contribution >= 0.6 is 0 Å². The fraction of sp³-hybridized carbons (Fsp3) is 0.778. The molecule has 1 unspecified atom stereocenters. The maximum atomic E-state index is 5.39. The minimum Gasteiger partial charge on any atom is -0.381 e. The zero-order valence-corrected chi connectivity index (χ0v) is 8.11. The summed E-state index contributed by atoms with van der Waals surface area (Å²) in [7, 11) is 0. The van der Waals surface area contributed by atoms with Crippen molar-refractivity contribution in [3.05, 3.63) is 11.7 Å². The molecule has 5 nitrogen and oxygen atoms in total. The lowest BCUT2D eigenvalue weighted by atomic mass is 10.1. The van der Waals surface area contributed by atoms with Gasteiger partial charge in [-0.25, -0.2) is 0 Å². The van der Waals surface area contributed by atoms with E-state index in [0.29, 0.717) is 30.6 Å². The minimum atomic E-state index is 0.543. The Morgan fingerprint density at radius 1 is 1.50 bits per heavy atom. The Morgan fingerprint density at radius 2 is 2.43 bits per heavy atom. The monoisotopic (exact) mass is 197 g/mol. The molecule has 1 aliphatic heterocycles. The molecule has 14 heavy (non-hydrogen) atoms. The number of aromatic nitrogens is 2. The van der Waals surface area contributed by atoms with Crippen LogP contribution in [0.2, 0.25) is 0 Å². The van der Waals surface area contributed by atoms with Crippen molar-refractivity contribution in [3.8, 4) is 0 Å². The smallest absolute Gasteiger partial charge is 0.227 e. The average Bonchev–Trinajstić information content (AvgIpc) is 2.79. The molecular weight excluding hydrogens is 182 g/mol. The second-order valence-corrected chi connectivity index (χ2v) is 3.58. The molecule has 0 bridgehead atoms. The zero-order chi connectivity index (χ0) is 9.80. The van der Waals surface area contributed by atoms with Crippen LogP contribution < -0.4 is 5.73 Å². The molecular formula is C9H15N3O2. The Bertz CT molecular complexity index is 281. The lowest BCUT2D eigenvalue weighted by molar-refractivity contribution is 0.183. The van der Waals surface area contributed by atoms with Crippen molar-refractivity contribution < 1.29 is 9.26 Å². The Kier molecular flexibility index (Phi) is 3.10. The summed E-state index contributed by atoms with van der Waals surface area (Å²) < 4.78 is 10.4. The number of nitrogens with two attached hydrogens (primary N) is 1. The maximum Gasteiger partial charge on any atom is 0.227 e. The Labute approximate surface area is 82.6 Å². The van der Waals surface area contributed by atoms with Crippen molar-refractivity contribution in [3.63, 3.8) is 0 Å². The molecule has 2 rings (SSSR count). The average molecular weight is 197 g/mol.